The van der Waals surface area contributed by atoms with E-state index < -0.39 is 0 Å². The second-order valence-electron chi connectivity index (χ2n) is 6.08. The third kappa shape index (κ3) is 4.41. The standard InChI is InChI=1S/C18H21N7O2/c1-2-27-18(26)13-7-9-25(10-8-13)16-6-4-3-5-15(16)20-12-14(11-19)17-21-23-24-22-17/h3-6,12-13,20H,2,7-10H2,1H3,(H,21,22,23,24). The number of nitriles is 1. The molecule has 0 bridgehead atoms. The highest BCUT2D eigenvalue weighted by Gasteiger charge is 2.26. The molecule has 0 amide bonds. The number of ether oxygens (including phenoxy) is 1. The van der Waals surface area contributed by atoms with Gasteiger partial charge in [0.05, 0.1) is 23.9 Å². The van der Waals surface area contributed by atoms with Gasteiger partial charge in [0.15, 0.2) is 0 Å². The first-order chi connectivity index (χ1) is 13.2. The van der Waals surface area contributed by atoms with Crippen molar-refractivity contribution in [3.63, 3.8) is 0 Å². The molecule has 1 aromatic carbocycles. The fourth-order valence-electron chi connectivity index (χ4n) is 3.06. The van der Waals surface area contributed by atoms with Crippen LogP contribution in [0.25, 0.3) is 5.57 Å². The number of esters is 1. The molecule has 27 heavy (non-hydrogen) atoms. The fraction of sp³-hybridized carbons (Fsp3) is 0.389. The topological polar surface area (TPSA) is 120 Å². The molecule has 0 aliphatic carbocycles. The van der Waals surface area contributed by atoms with Crippen LogP contribution in [0.2, 0.25) is 0 Å². The van der Waals surface area contributed by atoms with Crippen LogP contribution in [0.5, 0.6) is 0 Å². The lowest BCUT2D eigenvalue weighted by molar-refractivity contribution is -0.148. The molecule has 2 heterocycles. The largest absolute Gasteiger partial charge is 0.466 e. The lowest BCUT2D eigenvalue weighted by atomic mass is 9.96. The second kappa shape index (κ2) is 8.80. The van der Waals surface area contributed by atoms with E-state index in [9.17, 15) is 10.1 Å². The van der Waals surface area contributed by atoms with Gasteiger partial charge in [0.25, 0.3) is 0 Å². The predicted molar refractivity (Wildman–Crippen MR) is 99.4 cm³/mol. The lowest BCUT2D eigenvalue weighted by Crippen LogP contribution is -2.37. The highest BCUT2D eigenvalue weighted by molar-refractivity contribution is 5.78. The lowest BCUT2D eigenvalue weighted by Gasteiger charge is -2.33. The third-order valence-corrected chi connectivity index (χ3v) is 4.44. The summed E-state index contributed by atoms with van der Waals surface area (Å²) in [5, 5.41) is 25.9. The van der Waals surface area contributed by atoms with Gasteiger partial charge in [-0.05, 0) is 37.1 Å². The van der Waals surface area contributed by atoms with E-state index in [1.165, 1.54) is 0 Å². The van der Waals surface area contributed by atoms with Gasteiger partial charge < -0.3 is 15.0 Å². The fourth-order valence-corrected chi connectivity index (χ4v) is 3.06. The van der Waals surface area contributed by atoms with Gasteiger partial charge in [-0.15, -0.1) is 10.2 Å². The van der Waals surface area contributed by atoms with E-state index in [4.69, 9.17) is 4.74 Å². The molecule has 1 aromatic heterocycles. The molecule has 1 aliphatic rings. The molecular weight excluding hydrogens is 346 g/mol. The summed E-state index contributed by atoms with van der Waals surface area (Å²) in [6.45, 7) is 3.77. The Morgan fingerprint density at radius 2 is 2.22 bits per heavy atom. The van der Waals surface area contributed by atoms with Crippen molar-refractivity contribution in [1.82, 2.24) is 20.6 Å². The number of nitrogens with one attached hydrogen (secondary N) is 2. The van der Waals surface area contributed by atoms with E-state index in [2.05, 4.69) is 36.9 Å². The van der Waals surface area contributed by atoms with Gasteiger partial charge in [-0.25, -0.2) is 0 Å². The number of anilines is 2. The second-order valence-corrected chi connectivity index (χ2v) is 6.08. The van der Waals surface area contributed by atoms with Crippen molar-refractivity contribution in [2.75, 3.05) is 29.9 Å². The van der Waals surface area contributed by atoms with Crippen LogP contribution in [0.1, 0.15) is 25.6 Å². The Morgan fingerprint density at radius 3 is 2.89 bits per heavy atom. The molecule has 0 spiro atoms. The Balaban J connectivity index is 1.70. The minimum atomic E-state index is -0.106. The first kappa shape index (κ1) is 18.4. The smallest absolute Gasteiger partial charge is 0.309 e. The molecule has 3 rings (SSSR count). The molecule has 0 atom stereocenters. The zero-order valence-electron chi connectivity index (χ0n) is 15.1. The maximum atomic E-state index is 11.9. The van der Waals surface area contributed by atoms with Crippen LogP contribution < -0.4 is 10.2 Å². The zero-order valence-corrected chi connectivity index (χ0v) is 15.1. The normalized spacial score (nSPS) is 15.3. The van der Waals surface area contributed by atoms with E-state index in [0.717, 1.165) is 37.3 Å². The van der Waals surface area contributed by atoms with Crippen molar-refractivity contribution in [3.05, 3.63) is 36.3 Å². The number of rotatable bonds is 6. The summed E-state index contributed by atoms with van der Waals surface area (Å²) < 4.78 is 5.13. The number of hydrogen-bond acceptors (Lipinski definition) is 8. The Morgan fingerprint density at radius 1 is 1.44 bits per heavy atom. The molecule has 9 heteroatoms. The summed E-state index contributed by atoms with van der Waals surface area (Å²) in [7, 11) is 0. The zero-order chi connectivity index (χ0) is 19.1. The van der Waals surface area contributed by atoms with Crippen molar-refractivity contribution in [2.24, 2.45) is 5.92 Å². The molecule has 2 N–H and O–H groups in total. The van der Waals surface area contributed by atoms with Crippen LogP contribution in [0.15, 0.2) is 30.5 Å². The van der Waals surface area contributed by atoms with E-state index in [1.807, 2.05) is 31.2 Å². The summed E-state index contributed by atoms with van der Waals surface area (Å²) in [5.41, 5.74) is 2.16. The van der Waals surface area contributed by atoms with Crippen LogP contribution in [-0.2, 0) is 9.53 Å². The summed E-state index contributed by atoms with van der Waals surface area (Å²) in [5.74, 6) is 0.0904. The Labute approximate surface area is 157 Å². The molecule has 9 nitrogen and oxygen atoms in total. The number of para-hydroxylation sites is 2. The Kier molecular flexibility index (Phi) is 5.99. The van der Waals surface area contributed by atoms with Crippen LogP contribution in [-0.4, -0.2) is 46.3 Å². The van der Waals surface area contributed by atoms with Crippen molar-refractivity contribution >= 4 is 22.9 Å². The number of carbonyl (C=O) groups excluding carboxylic acids is 1. The van der Waals surface area contributed by atoms with Crippen molar-refractivity contribution in [1.29, 1.82) is 5.26 Å². The van der Waals surface area contributed by atoms with Crippen LogP contribution >= 0.6 is 0 Å². The molecular formula is C18H21N7O2. The number of nitrogens with zero attached hydrogens (tertiary/aromatic N) is 5. The molecule has 0 saturated carbocycles. The van der Waals surface area contributed by atoms with Gasteiger partial charge in [-0.2, -0.15) is 10.5 Å². The predicted octanol–water partition coefficient (Wildman–Crippen LogP) is 1.96. The summed E-state index contributed by atoms with van der Waals surface area (Å²) in [4.78, 5) is 14.1. The van der Waals surface area contributed by atoms with Crippen LogP contribution in [0.3, 0.4) is 0 Å². The number of allylic oxidation sites excluding steroid dienone is 1. The summed E-state index contributed by atoms with van der Waals surface area (Å²) >= 11 is 0. The van der Waals surface area contributed by atoms with Gasteiger partial charge in [-0.1, -0.05) is 12.1 Å². The molecule has 1 saturated heterocycles. The van der Waals surface area contributed by atoms with E-state index in [0.29, 0.717) is 6.61 Å². The number of carbonyl (C=O) groups is 1. The van der Waals surface area contributed by atoms with Crippen molar-refractivity contribution in [2.45, 2.75) is 19.8 Å². The highest BCUT2D eigenvalue weighted by atomic mass is 16.5. The van der Waals surface area contributed by atoms with Crippen molar-refractivity contribution in [3.8, 4) is 6.07 Å². The van der Waals surface area contributed by atoms with Gasteiger partial charge in [-0.3, -0.25) is 4.79 Å². The molecule has 1 fully saturated rings. The number of benzene rings is 1. The Bertz CT molecular complexity index is 834. The maximum absolute atomic E-state index is 11.9. The number of tetrazole rings is 1. The molecule has 140 valence electrons. The van der Waals surface area contributed by atoms with E-state index in [-0.39, 0.29) is 23.3 Å². The Hall–Kier alpha value is -3.41. The highest BCUT2D eigenvalue weighted by Crippen LogP contribution is 2.30. The SMILES string of the molecule is CCOC(=O)C1CCN(c2ccccc2NC=C(C#N)c2nn[nH]n2)CC1. The molecule has 1 aliphatic heterocycles. The first-order valence-corrected chi connectivity index (χ1v) is 8.84. The average Bonchev–Trinajstić information content (AvgIpc) is 3.24. The third-order valence-electron chi connectivity index (χ3n) is 4.44. The van der Waals surface area contributed by atoms with Gasteiger partial charge >= 0.3 is 5.97 Å². The van der Waals surface area contributed by atoms with E-state index >= 15 is 0 Å². The quantitative estimate of drug-likeness (QED) is 0.587. The van der Waals surface area contributed by atoms with Crippen LogP contribution in [0, 0.1) is 17.2 Å². The monoisotopic (exact) mass is 367 g/mol. The van der Waals surface area contributed by atoms with Gasteiger partial charge in [0.1, 0.15) is 11.6 Å². The van der Waals surface area contributed by atoms with Gasteiger partial charge in [0.2, 0.25) is 5.82 Å². The minimum absolute atomic E-state index is 0.0374. The number of H-pyrrole nitrogens is 1. The summed E-state index contributed by atoms with van der Waals surface area (Å²) in [6.07, 6.45) is 3.08. The van der Waals surface area contributed by atoms with Crippen LogP contribution in [0.4, 0.5) is 11.4 Å². The number of piperidine rings is 1. The maximum Gasteiger partial charge on any atom is 0.309 e. The number of hydrogen-bond donors (Lipinski definition) is 2. The number of aromatic nitrogens is 4. The first-order valence-electron chi connectivity index (χ1n) is 8.84. The van der Waals surface area contributed by atoms with Gasteiger partial charge in [0, 0.05) is 19.3 Å². The minimum Gasteiger partial charge on any atom is -0.466 e. The molecule has 0 radical (unpaired) electrons. The summed E-state index contributed by atoms with van der Waals surface area (Å²) in [6, 6.07) is 9.89. The number of aromatic amines is 1. The molecule has 2 aromatic rings. The molecule has 0 unspecified atom stereocenters. The average molecular weight is 367 g/mol. The van der Waals surface area contributed by atoms with Crippen molar-refractivity contribution < 1.29 is 9.53 Å². The van der Waals surface area contributed by atoms with E-state index in [1.54, 1.807) is 6.20 Å².